The molecule has 0 spiro atoms. The zero-order chi connectivity index (χ0) is 14.5. The first-order chi connectivity index (χ1) is 10.3. The lowest BCUT2D eigenvalue weighted by atomic mass is 10.00. The first-order valence-electron chi connectivity index (χ1n) is 7.56. The number of hydrogen-bond acceptors (Lipinski definition) is 5. The van der Waals surface area contributed by atoms with E-state index in [9.17, 15) is 0 Å². The molecule has 3 rings (SSSR count). The normalized spacial score (nSPS) is 22.1. The van der Waals surface area contributed by atoms with Crippen LogP contribution < -0.4 is 5.32 Å². The number of anilines is 1. The van der Waals surface area contributed by atoms with Gasteiger partial charge in [0.1, 0.15) is 6.33 Å². The molecule has 1 aromatic heterocycles. The Balaban J connectivity index is 1.66. The van der Waals surface area contributed by atoms with Gasteiger partial charge in [-0.3, -0.25) is 0 Å². The summed E-state index contributed by atoms with van der Waals surface area (Å²) in [5, 5.41) is 14.9. The van der Waals surface area contributed by atoms with E-state index in [1.165, 1.54) is 6.42 Å². The predicted molar refractivity (Wildman–Crippen MR) is 80.4 cm³/mol. The Morgan fingerprint density at radius 1 is 1.43 bits per heavy atom. The fourth-order valence-corrected chi connectivity index (χ4v) is 2.79. The van der Waals surface area contributed by atoms with Crippen LogP contribution in [0.3, 0.4) is 0 Å². The van der Waals surface area contributed by atoms with Crippen LogP contribution in [0, 0.1) is 0 Å². The van der Waals surface area contributed by atoms with Gasteiger partial charge in [0.2, 0.25) is 0 Å². The molecule has 0 bridgehead atoms. The molecule has 2 heterocycles. The minimum atomic E-state index is 0.393. The van der Waals surface area contributed by atoms with Crippen LogP contribution in [0.15, 0.2) is 30.6 Å². The molecule has 1 saturated heterocycles. The van der Waals surface area contributed by atoms with E-state index in [-0.39, 0.29) is 0 Å². The van der Waals surface area contributed by atoms with Gasteiger partial charge in [-0.2, -0.15) is 0 Å². The average Bonchev–Trinajstić information content (AvgIpc) is 3.03. The standard InChI is InChI=1S/C15H21N5O/c1-2-4-15-10-13(7-8-21-15)17-12-5-3-6-14(9-12)20-11-16-18-19-20/h3,5-6,9,11,13,15,17H,2,4,7-8,10H2,1H3. The van der Waals surface area contributed by atoms with E-state index in [0.717, 1.165) is 37.2 Å². The summed E-state index contributed by atoms with van der Waals surface area (Å²) in [4.78, 5) is 0. The smallest absolute Gasteiger partial charge is 0.143 e. The Morgan fingerprint density at radius 2 is 2.38 bits per heavy atom. The van der Waals surface area contributed by atoms with Crippen LogP contribution in [-0.4, -0.2) is 39.0 Å². The molecule has 1 aromatic carbocycles. The molecule has 0 aliphatic carbocycles. The Kier molecular flexibility index (Phi) is 4.45. The summed E-state index contributed by atoms with van der Waals surface area (Å²) in [6.07, 6.45) is 6.43. The van der Waals surface area contributed by atoms with Gasteiger partial charge < -0.3 is 10.1 Å². The third kappa shape index (κ3) is 3.58. The number of aromatic nitrogens is 4. The van der Waals surface area contributed by atoms with Gasteiger partial charge in [0, 0.05) is 18.3 Å². The Bertz CT molecular complexity index is 555. The van der Waals surface area contributed by atoms with Crippen molar-refractivity contribution in [3.05, 3.63) is 30.6 Å². The highest BCUT2D eigenvalue weighted by atomic mass is 16.5. The van der Waals surface area contributed by atoms with Crippen molar-refractivity contribution in [1.82, 2.24) is 20.2 Å². The maximum atomic E-state index is 5.80. The van der Waals surface area contributed by atoms with E-state index in [1.54, 1.807) is 11.0 Å². The maximum absolute atomic E-state index is 5.80. The van der Waals surface area contributed by atoms with Gasteiger partial charge in [0.15, 0.2) is 0 Å². The Morgan fingerprint density at radius 3 is 3.19 bits per heavy atom. The molecule has 0 saturated carbocycles. The van der Waals surface area contributed by atoms with Crippen LogP contribution in [0.1, 0.15) is 32.6 Å². The summed E-state index contributed by atoms with van der Waals surface area (Å²) in [7, 11) is 0. The molecule has 1 aliphatic heterocycles. The number of ether oxygens (including phenoxy) is 1. The van der Waals surface area contributed by atoms with Crippen molar-refractivity contribution < 1.29 is 4.74 Å². The van der Waals surface area contributed by atoms with E-state index in [0.29, 0.717) is 12.1 Å². The van der Waals surface area contributed by atoms with Gasteiger partial charge in [-0.15, -0.1) is 5.10 Å². The fraction of sp³-hybridized carbons (Fsp3) is 0.533. The number of hydrogen-bond donors (Lipinski definition) is 1. The van der Waals surface area contributed by atoms with Crippen molar-refractivity contribution in [3.8, 4) is 5.69 Å². The summed E-state index contributed by atoms with van der Waals surface area (Å²) in [6.45, 7) is 3.05. The third-order valence-corrected chi connectivity index (χ3v) is 3.81. The second-order valence-corrected chi connectivity index (χ2v) is 5.45. The molecule has 112 valence electrons. The van der Waals surface area contributed by atoms with Crippen molar-refractivity contribution in [1.29, 1.82) is 0 Å². The lowest BCUT2D eigenvalue weighted by molar-refractivity contribution is 0.00598. The molecule has 2 aromatic rings. The monoisotopic (exact) mass is 287 g/mol. The van der Waals surface area contributed by atoms with Gasteiger partial charge in [-0.05, 0) is 47.9 Å². The lowest BCUT2D eigenvalue weighted by Crippen LogP contribution is -2.34. The number of nitrogens with one attached hydrogen (secondary N) is 1. The molecule has 1 aliphatic rings. The summed E-state index contributed by atoms with van der Waals surface area (Å²) in [5.74, 6) is 0. The van der Waals surface area contributed by atoms with Crippen molar-refractivity contribution in [2.75, 3.05) is 11.9 Å². The second-order valence-electron chi connectivity index (χ2n) is 5.45. The van der Waals surface area contributed by atoms with E-state index >= 15 is 0 Å². The molecule has 2 unspecified atom stereocenters. The predicted octanol–water partition coefficient (Wildman–Crippen LogP) is 2.42. The van der Waals surface area contributed by atoms with Crippen LogP contribution >= 0.6 is 0 Å². The second kappa shape index (κ2) is 6.67. The van der Waals surface area contributed by atoms with E-state index in [4.69, 9.17) is 4.74 Å². The van der Waals surface area contributed by atoms with Gasteiger partial charge in [0.25, 0.3) is 0 Å². The summed E-state index contributed by atoms with van der Waals surface area (Å²) < 4.78 is 7.46. The van der Waals surface area contributed by atoms with Crippen LogP contribution in [0.4, 0.5) is 5.69 Å². The minimum absolute atomic E-state index is 0.393. The van der Waals surface area contributed by atoms with Gasteiger partial charge in [0.05, 0.1) is 11.8 Å². The Hall–Kier alpha value is -1.95. The number of benzene rings is 1. The number of rotatable bonds is 5. The van der Waals surface area contributed by atoms with E-state index < -0.39 is 0 Å². The highest BCUT2D eigenvalue weighted by molar-refractivity contribution is 5.51. The summed E-state index contributed by atoms with van der Waals surface area (Å²) in [6, 6.07) is 8.63. The van der Waals surface area contributed by atoms with Gasteiger partial charge in [-0.1, -0.05) is 19.4 Å². The van der Waals surface area contributed by atoms with Gasteiger partial charge >= 0.3 is 0 Å². The van der Waals surface area contributed by atoms with Crippen LogP contribution in [0.25, 0.3) is 5.69 Å². The summed E-state index contributed by atoms with van der Waals surface area (Å²) >= 11 is 0. The molecule has 21 heavy (non-hydrogen) atoms. The first-order valence-corrected chi connectivity index (χ1v) is 7.56. The summed E-state index contributed by atoms with van der Waals surface area (Å²) in [5.41, 5.74) is 2.06. The highest BCUT2D eigenvalue weighted by Gasteiger charge is 2.21. The van der Waals surface area contributed by atoms with Crippen molar-refractivity contribution in [2.45, 2.75) is 44.8 Å². The van der Waals surface area contributed by atoms with Crippen molar-refractivity contribution >= 4 is 5.69 Å². The quantitative estimate of drug-likeness (QED) is 0.915. The molecular weight excluding hydrogens is 266 g/mol. The van der Waals surface area contributed by atoms with E-state index in [2.05, 4.69) is 39.9 Å². The molecule has 1 fully saturated rings. The molecule has 2 atom stereocenters. The average molecular weight is 287 g/mol. The largest absolute Gasteiger partial charge is 0.382 e. The first kappa shape index (κ1) is 14.0. The minimum Gasteiger partial charge on any atom is -0.382 e. The fourth-order valence-electron chi connectivity index (χ4n) is 2.79. The van der Waals surface area contributed by atoms with Crippen molar-refractivity contribution in [2.24, 2.45) is 0 Å². The van der Waals surface area contributed by atoms with Crippen LogP contribution in [0.5, 0.6) is 0 Å². The zero-order valence-corrected chi connectivity index (χ0v) is 12.3. The van der Waals surface area contributed by atoms with Gasteiger partial charge in [-0.25, -0.2) is 4.68 Å². The molecule has 1 N–H and O–H groups in total. The highest BCUT2D eigenvalue weighted by Crippen LogP contribution is 2.22. The topological polar surface area (TPSA) is 64.9 Å². The van der Waals surface area contributed by atoms with Crippen molar-refractivity contribution in [3.63, 3.8) is 0 Å². The molecule has 0 amide bonds. The molecule has 6 heteroatoms. The van der Waals surface area contributed by atoms with E-state index in [1.807, 2.05) is 12.1 Å². The molecule has 6 nitrogen and oxygen atoms in total. The lowest BCUT2D eigenvalue weighted by Gasteiger charge is -2.30. The van der Waals surface area contributed by atoms with Crippen LogP contribution in [0.2, 0.25) is 0 Å². The molecular formula is C15H21N5O. The third-order valence-electron chi connectivity index (χ3n) is 3.81. The molecule has 0 radical (unpaired) electrons. The Labute approximate surface area is 124 Å². The van der Waals surface area contributed by atoms with Crippen LogP contribution in [-0.2, 0) is 4.74 Å². The maximum Gasteiger partial charge on any atom is 0.143 e. The zero-order valence-electron chi connectivity index (χ0n) is 12.3. The SMILES string of the molecule is CCCC1CC(Nc2cccc(-n3cnnn3)c2)CCO1. The number of tetrazole rings is 1. The number of nitrogens with zero attached hydrogens (tertiary/aromatic N) is 4.